The molecule has 0 aliphatic heterocycles. The molecule has 0 saturated heterocycles. The number of anilines is 1. The lowest BCUT2D eigenvalue weighted by atomic mass is 10.5. The molecular formula is C10H11ClN4O2S2. The number of hydrazine groups is 1. The van der Waals surface area contributed by atoms with Crippen LogP contribution >= 0.6 is 22.9 Å². The maximum Gasteiger partial charge on any atom is 0.242 e. The molecule has 2 aromatic heterocycles. The van der Waals surface area contributed by atoms with Crippen LogP contribution in [0.3, 0.4) is 0 Å². The summed E-state index contributed by atoms with van der Waals surface area (Å²) in [4.78, 5) is 4.74. The second-order valence-corrected chi connectivity index (χ2v) is 6.76. The van der Waals surface area contributed by atoms with Crippen LogP contribution in [0.1, 0.15) is 4.88 Å². The van der Waals surface area contributed by atoms with Gasteiger partial charge in [-0.3, -0.25) is 0 Å². The molecule has 0 unspecified atom stereocenters. The number of pyridine rings is 1. The van der Waals surface area contributed by atoms with Gasteiger partial charge in [-0.25, -0.2) is 24.0 Å². The molecule has 0 spiro atoms. The highest BCUT2D eigenvalue weighted by atomic mass is 35.5. The Hall–Kier alpha value is -1.19. The minimum absolute atomic E-state index is 0.00643. The van der Waals surface area contributed by atoms with Crippen LogP contribution in [-0.4, -0.2) is 13.4 Å². The van der Waals surface area contributed by atoms with Crippen molar-refractivity contribution < 1.29 is 8.42 Å². The molecule has 2 aromatic rings. The van der Waals surface area contributed by atoms with Crippen LogP contribution in [0.2, 0.25) is 5.02 Å². The summed E-state index contributed by atoms with van der Waals surface area (Å²) in [5, 5.41) is 2.02. The molecule has 6 nitrogen and oxygen atoms in total. The highest BCUT2D eigenvalue weighted by Crippen LogP contribution is 2.21. The fraction of sp³-hybridized carbons (Fsp3) is 0.100. The van der Waals surface area contributed by atoms with Crippen LogP contribution in [0.25, 0.3) is 0 Å². The second kappa shape index (κ2) is 5.85. The number of halogens is 1. The Morgan fingerprint density at radius 2 is 2.26 bits per heavy atom. The molecule has 9 heteroatoms. The van der Waals surface area contributed by atoms with E-state index in [1.165, 1.54) is 23.6 Å². The first kappa shape index (κ1) is 14.2. The zero-order valence-corrected chi connectivity index (χ0v) is 12.0. The van der Waals surface area contributed by atoms with E-state index in [0.29, 0.717) is 0 Å². The third kappa shape index (κ3) is 3.43. The number of thiophene rings is 1. The maximum atomic E-state index is 12.0. The number of aromatic nitrogens is 1. The van der Waals surface area contributed by atoms with Gasteiger partial charge in [-0.2, -0.15) is 0 Å². The van der Waals surface area contributed by atoms with Crippen molar-refractivity contribution in [2.75, 3.05) is 5.43 Å². The average molecular weight is 319 g/mol. The molecule has 102 valence electrons. The first-order chi connectivity index (χ1) is 9.03. The van der Waals surface area contributed by atoms with Crippen molar-refractivity contribution in [2.45, 2.75) is 11.4 Å². The van der Waals surface area contributed by atoms with Gasteiger partial charge in [0.2, 0.25) is 10.0 Å². The van der Waals surface area contributed by atoms with Gasteiger partial charge in [-0.05, 0) is 17.5 Å². The second-order valence-electron chi connectivity index (χ2n) is 3.55. The average Bonchev–Trinajstić information content (AvgIpc) is 2.89. The van der Waals surface area contributed by atoms with E-state index in [4.69, 9.17) is 17.4 Å². The summed E-state index contributed by atoms with van der Waals surface area (Å²) in [6.45, 7) is 0.231. The fourth-order valence-corrected chi connectivity index (χ4v) is 3.33. The monoisotopic (exact) mass is 318 g/mol. The van der Waals surface area contributed by atoms with E-state index in [1.54, 1.807) is 0 Å². The number of sulfonamides is 1. The van der Waals surface area contributed by atoms with Gasteiger partial charge in [0.1, 0.15) is 4.90 Å². The van der Waals surface area contributed by atoms with Crippen molar-refractivity contribution in [3.63, 3.8) is 0 Å². The first-order valence-electron chi connectivity index (χ1n) is 5.17. The number of nitrogens with one attached hydrogen (secondary N) is 2. The molecule has 2 rings (SSSR count). The van der Waals surface area contributed by atoms with Gasteiger partial charge in [0.05, 0.1) is 5.02 Å². The Kier molecular flexibility index (Phi) is 4.38. The Labute approximate surface area is 119 Å². The Morgan fingerprint density at radius 3 is 2.84 bits per heavy atom. The number of rotatable bonds is 5. The van der Waals surface area contributed by atoms with Gasteiger partial charge in [0, 0.05) is 17.6 Å². The zero-order valence-electron chi connectivity index (χ0n) is 9.63. The Bertz CT molecular complexity index is 658. The van der Waals surface area contributed by atoms with E-state index in [2.05, 4.69) is 15.1 Å². The minimum atomic E-state index is -3.64. The molecule has 0 aliphatic rings. The summed E-state index contributed by atoms with van der Waals surface area (Å²) in [6, 6.07) is 4.99. The molecule has 0 saturated carbocycles. The predicted octanol–water partition coefficient (Wildman–Crippen LogP) is 1.56. The van der Waals surface area contributed by atoms with Gasteiger partial charge < -0.3 is 5.43 Å². The van der Waals surface area contributed by atoms with Crippen molar-refractivity contribution in [1.29, 1.82) is 0 Å². The van der Waals surface area contributed by atoms with Crippen LogP contribution in [0, 0.1) is 0 Å². The molecule has 0 aliphatic carbocycles. The quantitative estimate of drug-likeness (QED) is 0.574. The van der Waals surface area contributed by atoms with Crippen molar-refractivity contribution in [3.8, 4) is 0 Å². The number of nitrogens with two attached hydrogens (primary N) is 1. The number of hydrogen-bond donors (Lipinski definition) is 3. The molecule has 0 aromatic carbocycles. The lowest BCUT2D eigenvalue weighted by molar-refractivity contribution is 0.581. The van der Waals surface area contributed by atoms with Crippen LogP contribution in [0.15, 0.2) is 34.7 Å². The smallest absolute Gasteiger partial charge is 0.242 e. The largest absolute Gasteiger partial charge is 0.307 e. The maximum absolute atomic E-state index is 12.0. The Balaban J connectivity index is 2.17. The van der Waals surface area contributed by atoms with E-state index in [1.807, 2.05) is 17.5 Å². The van der Waals surface area contributed by atoms with Crippen LogP contribution < -0.4 is 16.0 Å². The lowest BCUT2D eigenvalue weighted by Gasteiger charge is -2.07. The summed E-state index contributed by atoms with van der Waals surface area (Å²) in [7, 11) is -3.64. The van der Waals surface area contributed by atoms with Crippen molar-refractivity contribution in [1.82, 2.24) is 9.71 Å². The normalized spacial score (nSPS) is 11.5. The van der Waals surface area contributed by atoms with E-state index in [-0.39, 0.29) is 22.3 Å². The summed E-state index contributed by atoms with van der Waals surface area (Å²) in [5.41, 5.74) is 2.27. The lowest BCUT2D eigenvalue weighted by Crippen LogP contribution is -2.23. The van der Waals surface area contributed by atoms with Gasteiger partial charge in [0.25, 0.3) is 0 Å². The molecule has 0 atom stereocenters. The van der Waals surface area contributed by atoms with E-state index in [0.717, 1.165) is 4.88 Å². The van der Waals surface area contributed by atoms with Gasteiger partial charge in [-0.15, -0.1) is 11.3 Å². The fourth-order valence-electron chi connectivity index (χ4n) is 1.34. The summed E-state index contributed by atoms with van der Waals surface area (Å²) in [5.74, 6) is 5.39. The molecule has 0 radical (unpaired) electrons. The van der Waals surface area contributed by atoms with E-state index >= 15 is 0 Å². The first-order valence-corrected chi connectivity index (χ1v) is 7.91. The standard InChI is InChI=1S/C10H11ClN4O2S2/c11-9-4-8(6-13-10(9)15-12)19(16,17)14-5-7-2-1-3-18-7/h1-4,6,14H,5,12H2,(H,13,15). The summed E-state index contributed by atoms with van der Waals surface area (Å²) < 4.78 is 26.5. The van der Waals surface area contributed by atoms with Crippen molar-refractivity contribution in [2.24, 2.45) is 5.84 Å². The molecular weight excluding hydrogens is 308 g/mol. The van der Waals surface area contributed by atoms with Gasteiger partial charge in [0.15, 0.2) is 5.82 Å². The third-order valence-corrected chi connectivity index (χ3v) is 4.81. The minimum Gasteiger partial charge on any atom is -0.307 e. The molecule has 0 fully saturated rings. The van der Waals surface area contributed by atoms with Crippen molar-refractivity contribution >= 4 is 38.8 Å². The number of nitrogen functional groups attached to an aromatic ring is 1. The summed E-state index contributed by atoms with van der Waals surface area (Å²) >= 11 is 7.31. The predicted molar refractivity (Wildman–Crippen MR) is 75.4 cm³/mol. The third-order valence-electron chi connectivity index (χ3n) is 2.28. The Morgan fingerprint density at radius 1 is 1.47 bits per heavy atom. The van der Waals surface area contributed by atoms with E-state index < -0.39 is 10.0 Å². The molecule has 0 bridgehead atoms. The SMILES string of the molecule is NNc1ncc(S(=O)(=O)NCc2cccs2)cc1Cl. The number of nitrogens with zero attached hydrogens (tertiary/aromatic N) is 1. The van der Waals surface area contributed by atoms with Crippen molar-refractivity contribution in [3.05, 3.63) is 39.7 Å². The van der Waals surface area contributed by atoms with E-state index in [9.17, 15) is 8.42 Å². The molecule has 19 heavy (non-hydrogen) atoms. The molecule has 4 N–H and O–H groups in total. The van der Waals surface area contributed by atoms with Gasteiger partial charge in [-0.1, -0.05) is 17.7 Å². The van der Waals surface area contributed by atoms with Gasteiger partial charge >= 0.3 is 0 Å². The summed E-state index contributed by atoms with van der Waals surface area (Å²) in [6.07, 6.45) is 1.19. The van der Waals surface area contributed by atoms with Crippen LogP contribution in [-0.2, 0) is 16.6 Å². The highest BCUT2D eigenvalue weighted by Gasteiger charge is 2.16. The topological polar surface area (TPSA) is 97.1 Å². The number of hydrogen-bond acceptors (Lipinski definition) is 6. The zero-order chi connectivity index (χ0) is 13.9. The molecule has 0 amide bonds. The molecule has 2 heterocycles. The highest BCUT2D eigenvalue weighted by molar-refractivity contribution is 7.89. The van der Waals surface area contributed by atoms with Crippen LogP contribution in [0.5, 0.6) is 0 Å². The van der Waals surface area contributed by atoms with Crippen LogP contribution in [0.4, 0.5) is 5.82 Å².